The van der Waals surface area contributed by atoms with Gasteiger partial charge >= 0.3 is 0 Å². The molecule has 3 aromatic carbocycles. The average molecular weight is 492 g/mol. The molecule has 0 unspecified atom stereocenters. The van der Waals surface area contributed by atoms with Gasteiger partial charge < -0.3 is 9.88 Å². The van der Waals surface area contributed by atoms with E-state index in [9.17, 15) is 22.4 Å². The Balaban J connectivity index is 1.44. The van der Waals surface area contributed by atoms with Gasteiger partial charge in [-0.05, 0) is 66.6 Å². The van der Waals surface area contributed by atoms with Gasteiger partial charge in [-0.15, -0.1) is 0 Å². The molecule has 35 heavy (non-hydrogen) atoms. The number of aromatic nitrogens is 1. The van der Waals surface area contributed by atoms with Gasteiger partial charge in [-0.2, -0.15) is 0 Å². The molecule has 0 saturated heterocycles. The van der Waals surface area contributed by atoms with Crippen LogP contribution in [0.3, 0.4) is 0 Å². The van der Waals surface area contributed by atoms with Gasteiger partial charge in [-0.1, -0.05) is 30.3 Å². The third-order valence-corrected chi connectivity index (χ3v) is 6.67. The molecule has 0 aliphatic rings. The zero-order chi connectivity index (χ0) is 25.0. The summed E-state index contributed by atoms with van der Waals surface area (Å²) < 4.78 is 43.0. The summed E-state index contributed by atoms with van der Waals surface area (Å²) in [5.41, 5.74) is 2.07. The highest BCUT2D eigenvalue weighted by molar-refractivity contribution is 7.92. The van der Waals surface area contributed by atoms with E-state index in [-0.39, 0.29) is 21.7 Å². The van der Waals surface area contributed by atoms with Crippen molar-refractivity contribution in [3.8, 4) is 0 Å². The number of pyridine rings is 1. The second kappa shape index (κ2) is 9.94. The van der Waals surface area contributed by atoms with E-state index in [1.54, 1.807) is 66.2 Å². The van der Waals surface area contributed by atoms with Crippen molar-refractivity contribution in [2.75, 3.05) is 10.0 Å². The molecule has 4 rings (SSSR count). The molecule has 2 N–H and O–H groups in total. The van der Waals surface area contributed by atoms with E-state index in [4.69, 9.17) is 0 Å². The summed E-state index contributed by atoms with van der Waals surface area (Å²) in [5, 5.41) is 2.76. The molecule has 1 amide bonds. The van der Waals surface area contributed by atoms with Crippen LogP contribution in [0.1, 0.15) is 21.5 Å². The van der Waals surface area contributed by atoms with Crippen LogP contribution < -0.4 is 15.6 Å². The number of aryl methyl sites for hydroxylation is 1. The van der Waals surface area contributed by atoms with Crippen LogP contribution in [0, 0.1) is 12.7 Å². The van der Waals surface area contributed by atoms with E-state index in [0.29, 0.717) is 17.8 Å². The Labute approximate surface area is 201 Å². The molecule has 7 nitrogen and oxygen atoms in total. The number of nitrogens with zero attached hydrogens (tertiary/aromatic N) is 1. The Kier molecular flexibility index (Phi) is 6.79. The third kappa shape index (κ3) is 5.82. The highest BCUT2D eigenvalue weighted by Crippen LogP contribution is 2.20. The number of hydrogen-bond acceptors (Lipinski definition) is 4. The summed E-state index contributed by atoms with van der Waals surface area (Å²) >= 11 is 0. The number of sulfonamides is 1. The first kappa shape index (κ1) is 23.9. The first-order chi connectivity index (χ1) is 16.7. The summed E-state index contributed by atoms with van der Waals surface area (Å²) in [5.74, 6) is -1.05. The maximum atomic E-state index is 13.8. The number of rotatable bonds is 7. The minimum atomic E-state index is -4.03. The number of carbonyl (C=O) groups is 1. The molecule has 1 heterocycles. The predicted molar refractivity (Wildman–Crippen MR) is 133 cm³/mol. The number of amides is 1. The van der Waals surface area contributed by atoms with Crippen LogP contribution in [0.2, 0.25) is 0 Å². The minimum absolute atomic E-state index is 0.104. The van der Waals surface area contributed by atoms with Gasteiger partial charge in [0.25, 0.3) is 21.5 Å². The second-order valence-corrected chi connectivity index (χ2v) is 9.60. The molecule has 178 valence electrons. The maximum absolute atomic E-state index is 13.8. The Hall–Kier alpha value is -4.24. The SMILES string of the molecule is Cc1ccc(S(=O)(=O)Nc2cccc(C(=O)Nc3ccc(Cn4ccccc4=O)cc3)c2)cc1F. The number of nitrogens with one attached hydrogen (secondary N) is 2. The molecule has 0 aliphatic carbocycles. The van der Waals surface area contributed by atoms with Gasteiger partial charge in [0, 0.05) is 29.2 Å². The van der Waals surface area contributed by atoms with Crippen molar-refractivity contribution >= 4 is 27.3 Å². The number of hydrogen-bond donors (Lipinski definition) is 2. The van der Waals surface area contributed by atoms with Crippen LogP contribution in [0.15, 0.2) is 101 Å². The first-order valence-corrected chi connectivity index (χ1v) is 12.1. The predicted octanol–water partition coefficient (Wildman–Crippen LogP) is 4.40. The van der Waals surface area contributed by atoms with Crippen LogP contribution in [0.5, 0.6) is 0 Å². The van der Waals surface area contributed by atoms with Gasteiger partial charge in [-0.3, -0.25) is 14.3 Å². The van der Waals surface area contributed by atoms with Crippen LogP contribution >= 0.6 is 0 Å². The molecular formula is C26H22FN3O4S. The lowest BCUT2D eigenvalue weighted by Gasteiger charge is -2.11. The molecule has 0 fully saturated rings. The smallest absolute Gasteiger partial charge is 0.261 e. The summed E-state index contributed by atoms with van der Waals surface area (Å²) in [6.07, 6.45) is 1.70. The third-order valence-electron chi connectivity index (χ3n) is 5.29. The minimum Gasteiger partial charge on any atom is -0.322 e. The van der Waals surface area contributed by atoms with E-state index in [2.05, 4.69) is 10.0 Å². The highest BCUT2D eigenvalue weighted by atomic mass is 32.2. The number of carbonyl (C=O) groups excluding carboxylic acids is 1. The number of anilines is 2. The van der Waals surface area contributed by atoms with E-state index in [1.165, 1.54) is 30.3 Å². The van der Waals surface area contributed by atoms with Crippen molar-refractivity contribution in [2.24, 2.45) is 0 Å². The van der Waals surface area contributed by atoms with Crippen LogP contribution in [-0.4, -0.2) is 18.9 Å². The lowest BCUT2D eigenvalue weighted by molar-refractivity contribution is 0.102. The van der Waals surface area contributed by atoms with E-state index in [1.807, 2.05) is 0 Å². The normalized spacial score (nSPS) is 11.1. The maximum Gasteiger partial charge on any atom is 0.261 e. The first-order valence-electron chi connectivity index (χ1n) is 10.7. The zero-order valence-corrected chi connectivity index (χ0v) is 19.6. The fraction of sp³-hybridized carbons (Fsp3) is 0.0769. The molecule has 1 aromatic heterocycles. The molecule has 0 aliphatic heterocycles. The molecule has 0 bridgehead atoms. The molecule has 0 saturated carbocycles. The topological polar surface area (TPSA) is 97.3 Å². The lowest BCUT2D eigenvalue weighted by Crippen LogP contribution is -2.18. The number of halogens is 1. The van der Waals surface area contributed by atoms with Crippen molar-refractivity contribution in [2.45, 2.75) is 18.4 Å². The summed E-state index contributed by atoms with van der Waals surface area (Å²) in [6, 6.07) is 21.6. The van der Waals surface area contributed by atoms with E-state index >= 15 is 0 Å². The molecule has 4 aromatic rings. The molecule has 9 heteroatoms. The van der Waals surface area contributed by atoms with Crippen molar-refractivity contribution in [1.29, 1.82) is 0 Å². The summed E-state index contributed by atoms with van der Waals surface area (Å²) in [7, 11) is -4.03. The van der Waals surface area contributed by atoms with E-state index in [0.717, 1.165) is 11.6 Å². The lowest BCUT2D eigenvalue weighted by atomic mass is 10.1. The fourth-order valence-electron chi connectivity index (χ4n) is 3.36. The Morgan fingerprint density at radius 2 is 1.69 bits per heavy atom. The Bertz CT molecular complexity index is 1550. The van der Waals surface area contributed by atoms with Gasteiger partial charge in [-0.25, -0.2) is 12.8 Å². The Morgan fingerprint density at radius 3 is 2.40 bits per heavy atom. The zero-order valence-electron chi connectivity index (χ0n) is 18.7. The molecular weight excluding hydrogens is 469 g/mol. The Morgan fingerprint density at radius 1 is 0.914 bits per heavy atom. The van der Waals surface area contributed by atoms with Crippen LogP contribution in [0.4, 0.5) is 15.8 Å². The van der Waals surface area contributed by atoms with Crippen LogP contribution in [-0.2, 0) is 16.6 Å². The largest absolute Gasteiger partial charge is 0.322 e. The fourth-order valence-corrected chi connectivity index (χ4v) is 4.42. The van der Waals surface area contributed by atoms with Crippen LogP contribution in [0.25, 0.3) is 0 Å². The van der Waals surface area contributed by atoms with Gasteiger partial charge in [0.05, 0.1) is 11.4 Å². The van der Waals surface area contributed by atoms with Gasteiger partial charge in [0.1, 0.15) is 5.82 Å². The van der Waals surface area contributed by atoms with E-state index < -0.39 is 21.7 Å². The van der Waals surface area contributed by atoms with Crippen molar-refractivity contribution in [3.05, 3.63) is 124 Å². The monoisotopic (exact) mass is 491 g/mol. The summed E-state index contributed by atoms with van der Waals surface area (Å²) in [4.78, 5) is 24.4. The average Bonchev–Trinajstić information content (AvgIpc) is 2.83. The second-order valence-electron chi connectivity index (χ2n) is 7.92. The van der Waals surface area contributed by atoms with Crippen molar-refractivity contribution in [3.63, 3.8) is 0 Å². The molecule has 0 spiro atoms. The molecule has 0 radical (unpaired) electrons. The quantitative estimate of drug-likeness (QED) is 0.401. The number of benzene rings is 3. The van der Waals surface area contributed by atoms with Gasteiger partial charge in [0.2, 0.25) is 0 Å². The van der Waals surface area contributed by atoms with Crippen molar-refractivity contribution in [1.82, 2.24) is 4.57 Å². The van der Waals surface area contributed by atoms with Crippen molar-refractivity contribution < 1.29 is 17.6 Å². The van der Waals surface area contributed by atoms with Gasteiger partial charge in [0.15, 0.2) is 0 Å². The standard InChI is InChI=1S/C26H22FN3O4S/c1-18-8-13-23(16-24(18)27)35(33,34)29-22-6-4-5-20(15-22)26(32)28-21-11-9-19(10-12-21)17-30-14-3-2-7-25(30)31/h2-16,29H,17H2,1H3,(H,28,32). The molecule has 0 atom stereocenters. The summed E-state index contributed by atoms with van der Waals surface area (Å²) in [6.45, 7) is 1.94. The highest BCUT2D eigenvalue weighted by Gasteiger charge is 2.17.